The van der Waals surface area contributed by atoms with Gasteiger partial charge in [-0.3, -0.25) is 14.5 Å². The van der Waals surface area contributed by atoms with E-state index in [0.717, 1.165) is 12.0 Å². The molecule has 164 valence electrons. The molecule has 0 radical (unpaired) electrons. The van der Waals surface area contributed by atoms with Gasteiger partial charge in [-0.1, -0.05) is 19.1 Å². The highest BCUT2D eigenvalue weighted by molar-refractivity contribution is 6.51. The Morgan fingerprint density at radius 2 is 1.81 bits per heavy atom. The number of furan rings is 1. The summed E-state index contributed by atoms with van der Waals surface area (Å²) in [6, 6.07) is 14.6. The van der Waals surface area contributed by atoms with Crippen LogP contribution in [-0.2, 0) is 16.0 Å². The number of aryl methyl sites for hydroxylation is 1. The normalized spacial score (nSPS) is 17.6. The number of methoxy groups -OCH3 is 2. The minimum Gasteiger partial charge on any atom is -0.507 e. The van der Waals surface area contributed by atoms with Crippen molar-refractivity contribution in [2.75, 3.05) is 19.1 Å². The molecule has 1 amide bonds. The number of rotatable bonds is 6. The number of Topliss-reactive ketones (excluding diaryl/α,β-unsaturated/α-hetero) is 1. The van der Waals surface area contributed by atoms with Crippen LogP contribution in [0.5, 0.6) is 11.5 Å². The fourth-order valence-corrected chi connectivity index (χ4v) is 3.85. The van der Waals surface area contributed by atoms with Gasteiger partial charge < -0.3 is 19.0 Å². The van der Waals surface area contributed by atoms with Gasteiger partial charge in [0.2, 0.25) is 0 Å². The fourth-order valence-electron chi connectivity index (χ4n) is 3.85. The van der Waals surface area contributed by atoms with Crippen molar-refractivity contribution in [3.63, 3.8) is 0 Å². The molecule has 2 heterocycles. The lowest BCUT2D eigenvalue weighted by Crippen LogP contribution is -2.29. The molecule has 0 bridgehead atoms. The maximum atomic E-state index is 13.2. The number of ketones is 1. The van der Waals surface area contributed by atoms with E-state index in [1.54, 1.807) is 42.5 Å². The van der Waals surface area contributed by atoms with Crippen LogP contribution in [0.3, 0.4) is 0 Å². The van der Waals surface area contributed by atoms with E-state index >= 15 is 0 Å². The molecule has 1 fully saturated rings. The number of aliphatic hydroxyl groups excluding tert-OH is 1. The van der Waals surface area contributed by atoms with Gasteiger partial charge in [-0.25, -0.2) is 0 Å². The molecule has 1 unspecified atom stereocenters. The molecule has 2 aromatic carbocycles. The van der Waals surface area contributed by atoms with E-state index in [-0.39, 0.29) is 16.9 Å². The Labute approximate surface area is 185 Å². The second kappa shape index (κ2) is 8.63. The molecular formula is C25H23NO6. The van der Waals surface area contributed by atoms with E-state index in [2.05, 4.69) is 0 Å². The van der Waals surface area contributed by atoms with E-state index in [4.69, 9.17) is 13.9 Å². The molecule has 1 aromatic heterocycles. The first-order valence-corrected chi connectivity index (χ1v) is 10.2. The Bertz CT molecular complexity index is 1180. The zero-order chi connectivity index (χ0) is 22.8. The number of carbonyl (C=O) groups excluding carboxylic acids is 2. The van der Waals surface area contributed by atoms with E-state index in [1.807, 2.05) is 19.1 Å². The number of anilines is 1. The largest absolute Gasteiger partial charge is 0.507 e. The number of benzene rings is 2. The first kappa shape index (κ1) is 21.2. The maximum absolute atomic E-state index is 13.2. The van der Waals surface area contributed by atoms with Gasteiger partial charge in [0, 0.05) is 5.69 Å². The molecule has 0 spiro atoms. The van der Waals surface area contributed by atoms with E-state index in [0.29, 0.717) is 22.9 Å². The molecule has 4 rings (SSSR count). The third-order valence-corrected chi connectivity index (χ3v) is 5.54. The molecule has 1 atom stereocenters. The summed E-state index contributed by atoms with van der Waals surface area (Å²) < 4.78 is 16.2. The molecule has 32 heavy (non-hydrogen) atoms. The number of aliphatic hydroxyl groups is 1. The van der Waals surface area contributed by atoms with Crippen molar-refractivity contribution in [1.82, 2.24) is 0 Å². The average molecular weight is 433 g/mol. The number of ether oxygens (including phenoxy) is 2. The monoisotopic (exact) mass is 433 g/mol. The first-order valence-electron chi connectivity index (χ1n) is 10.2. The number of carbonyl (C=O) groups is 2. The summed E-state index contributed by atoms with van der Waals surface area (Å²) in [6.45, 7) is 2.03. The van der Waals surface area contributed by atoms with Crippen molar-refractivity contribution < 1.29 is 28.6 Å². The molecule has 7 heteroatoms. The fraction of sp³-hybridized carbons (Fsp3) is 0.200. The van der Waals surface area contributed by atoms with Gasteiger partial charge in [0.05, 0.1) is 31.6 Å². The first-order chi connectivity index (χ1) is 15.5. The van der Waals surface area contributed by atoms with Crippen molar-refractivity contribution in [2.45, 2.75) is 19.4 Å². The number of amides is 1. The highest BCUT2D eigenvalue weighted by Gasteiger charge is 2.48. The maximum Gasteiger partial charge on any atom is 0.300 e. The summed E-state index contributed by atoms with van der Waals surface area (Å²) in [5.41, 5.74) is 1.78. The lowest BCUT2D eigenvalue weighted by atomic mass is 9.98. The van der Waals surface area contributed by atoms with Gasteiger partial charge in [0.25, 0.3) is 11.7 Å². The van der Waals surface area contributed by atoms with Crippen LogP contribution in [0.2, 0.25) is 0 Å². The van der Waals surface area contributed by atoms with Crippen molar-refractivity contribution in [1.29, 1.82) is 0 Å². The second-order valence-electron chi connectivity index (χ2n) is 7.27. The second-order valence-corrected chi connectivity index (χ2v) is 7.27. The van der Waals surface area contributed by atoms with Gasteiger partial charge >= 0.3 is 0 Å². The van der Waals surface area contributed by atoms with Gasteiger partial charge in [-0.2, -0.15) is 0 Å². The quantitative estimate of drug-likeness (QED) is 0.350. The summed E-state index contributed by atoms with van der Waals surface area (Å²) in [7, 11) is 2.95. The van der Waals surface area contributed by atoms with Crippen molar-refractivity contribution in [3.05, 3.63) is 83.3 Å². The van der Waals surface area contributed by atoms with Crippen LogP contribution in [0.15, 0.2) is 70.9 Å². The Kier molecular flexibility index (Phi) is 5.73. The van der Waals surface area contributed by atoms with Gasteiger partial charge in [0.1, 0.15) is 29.1 Å². The Morgan fingerprint density at radius 1 is 1.06 bits per heavy atom. The van der Waals surface area contributed by atoms with E-state index < -0.39 is 17.7 Å². The summed E-state index contributed by atoms with van der Waals surface area (Å²) in [5, 5.41) is 11.3. The Hall–Kier alpha value is -4.00. The van der Waals surface area contributed by atoms with Crippen LogP contribution in [0.4, 0.5) is 5.69 Å². The minimum atomic E-state index is -0.937. The standard InChI is InChI=1S/C25H23NO6/c1-4-15-7-9-16(10-8-15)26-22(20-6-5-13-32-20)21(24(28)25(26)29)23(27)18-14-17(30-2)11-12-19(18)31-3/h5-14,22,27H,4H2,1-3H3/b23-21-. The van der Waals surface area contributed by atoms with Crippen LogP contribution in [-0.4, -0.2) is 31.0 Å². The predicted molar refractivity (Wildman–Crippen MR) is 119 cm³/mol. The highest BCUT2D eigenvalue weighted by atomic mass is 16.5. The lowest BCUT2D eigenvalue weighted by Gasteiger charge is -2.23. The SMILES string of the molecule is CCc1ccc(N2C(=O)C(=O)/C(=C(\O)c3cc(OC)ccc3OC)C2c2ccco2)cc1. The molecule has 1 aliphatic heterocycles. The van der Waals surface area contributed by atoms with Gasteiger partial charge in [-0.15, -0.1) is 0 Å². The van der Waals surface area contributed by atoms with Crippen LogP contribution >= 0.6 is 0 Å². The molecule has 0 saturated carbocycles. The molecule has 3 aromatic rings. The van der Waals surface area contributed by atoms with E-state index in [1.165, 1.54) is 25.4 Å². The van der Waals surface area contributed by atoms with Crippen molar-refractivity contribution >= 4 is 23.1 Å². The molecule has 1 saturated heterocycles. The van der Waals surface area contributed by atoms with Crippen LogP contribution in [0.1, 0.15) is 29.9 Å². The third-order valence-electron chi connectivity index (χ3n) is 5.54. The Balaban J connectivity index is 1.93. The van der Waals surface area contributed by atoms with Crippen molar-refractivity contribution in [3.8, 4) is 11.5 Å². The molecular weight excluding hydrogens is 410 g/mol. The molecule has 7 nitrogen and oxygen atoms in total. The highest BCUT2D eigenvalue weighted by Crippen LogP contribution is 2.43. The predicted octanol–water partition coefficient (Wildman–Crippen LogP) is 4.49. The van der Waals surface area contributed by atoms with Crippen LogP contribution < -0.4 is 14.4 Å². The van der Waals surface area contributed by atoms with E-state index in [9.17, 15) is 14.7 Å². The smallest absolute Gasteiger partial charge is 0.300 e. The minimum absolute atomic E-state index is 0.0870. The topological polar surface area (TPSA) is 89.2 Å². The average Bonchev–Trinajstić information content (AvgIpc) is 3.45. The zero-order valence-electron chi connectivity index (χ0n) is 18.0. The van der Waals surface area contributed by atoms with Gasteiger partial charge in [-0.05, 0) is 54.4 Å². The lowest BCUT2D eigenvalue weighted by molar-refractivity contribution is -0.132. The summed E-state index contributed by atoms with van der Waals surface area (Å²) in [4.78, 5) is 27.6. The summed E-state index contributed by atoms with van der Waals surface area (Å²) >= 11 is 0. The number of hydrogen-bond donors (Lipinski definition) is 1. The zero-order valence-corrected chi connectivity index (χ0v) is 18.0. The third kappa shape index (κ3) is 3.51. The molecule has 1 aliphatic rings. The van der Waals surface area contributed by atoms with Crippen LogP contribution in [0, 0.1) is 0 Å². The Morgan fingerprint density at radius 3 is 2.41 bits per heavy atom. The number of hydrogen-bond acceptors (Lipinski definition) is 6. The molecule has 0 aliphatic carbocycles. The van der Waals surface area contributed by atoms with Crippen LogP contribution in [0.25, 0.3) is 5.76 Å². The van der Waals surface area contributed by atoms with Crippen molar-refractivity contribution in [2.24, 2.45) is 0 Å². The summed E-state index contributed by atoms with van der Waals surface area (Å²) in [6.07, 6.45) is 2.30. The van der Waals surface area contributed by atoms with Gasteiger partial charge in [0.15, 0.2) is 0 Å². The number of nitrogens with zero attached hydrogens (tertiary/aromatic N) is 1. The molecule has 1 N–H and O–H groups in total. The summed E-state index contributed by atoms with van der Waals surface area (Å²) in [5.74, 6) is -0.779.